The minimum atomic E-state index is -0.199. The number of anilines is 2. The van der Waals surface area contributed by atoms with Gasteiger partial charge in [-0.05, 0) is 61.5 Å². The van der Waals surface area contributed by atoms with Gasteiger partial charge in [0, 0.05) is 30.1 Å². The molecule has 0 aliphatic heterocycles. The summed E-state index contributed by atoms with van der Waals surface area (Å²) in [6.07, 6.45) is 1.88. The van der Waals surface area contributed by atoms with Crippen molar-refractivity contribution >= 4 is 23.2 Å². The molecule has 126 valence electrons. The molecule has 0 fully saturated rings. The molecule has 0 aliphatic rings. The lowest BCUT2D eigenvalue weighted by Crippen LogP contribution is -2.12. The van der Waals surface area contributed by atoms with E-state index in [-0.39, 0.29) is 11.8 Å². The first-order valence-electron chi connectivity index (χ1n) is 7.83. The number of carbonyl (C=O) groups excluding carboxylic acids is 2. The van der Waals surface area contributed by atoms with Crippen LogP contribution in [0.25, 0.3) is 5.69 Å². The van der Waals surface area contributed by atoms with Crippen molar-refractivity contribution in [3.63, 3.8) is 0 Å². The summed E-state index contributed by atoms with van der Waals surface area (Å²) < 4.78 is 1.76. The predicted molar refractivity (Wildman–Crippen MR) is 97.0 cm³/mol. The van der Waals surface area contributed by atoms with E-state index >= 15 is 0 Å². The number of nitrogens with one attached hydrogen (secondary N) is 2. The Labute approximate surface area is 145 Å². The Kier molecular flexibility index (Phi) is 4.61. The van der Waals surface area contributed by atoms with Gasteiger partial charge in [-0.15, -0.1) is 0 Å². The number of benzene rings is 2. The molecule has 0 atom stereocenters. The Morgan fingerprint density at radius 1 is 0.880 bits per heavy atom. The fourth-order valence-electron chi connectivity index (χ4n) is 2.37. The number of aryl methyl sites for hydroxylation is 1. The van der Waals surface area contributed by atoms with Gasteiger partial charge in [-0.1, -0.05) is 0 Å². The van der Waals surface area contributed by atoms with Crippen LogP contribution in [0.3, 0.4) is 0 Å². The van der Waals surface area contributed by atoms with E-state index in [9.17, 15) is 9.59 Å². The molecular formula is C19H18N4O2. The number of carbonyl (C=O) groups is 2. The lowest BCUT2D eigenvalue weighted by Gasteiger charge is -2.08. The number of nitrogens with zero attached hydrogens (tertiary/aromatic N) is 2. The molecule has 0 bridgehead atoms. The average Bonchev–Trinajstić information content (AvgIpc) is 3.03. The largest absolute Gasteiger partial charge is 0.326 e. The standard InChI is InChI=1S/C19H18N4O2/c1-13-11-12-23(22-13)18-9-3-15(4-10-18)19(25)21-17-7-5-16(6-8-17)20-14(2)24/h3-12H,1-2H3,(H,20,24)(H,21,25). The number of hydrogen-bond donors (Lipinski definition) is 2. The van der Waals surface area contributed by atoms with Crippen LogP contribution in [0.2, 0.25) is 0 Å². The van der Waals surface area contributed by atoms with Crippen molar-refractivity contribution in [3.8, 4) is 5.69 Å². The minimum absolute atomic E-state index is 0.135. The normalized spacial score (nSPS) is 10.3. The molecule has 0 unspecified atom stereocenters. The third-order valence-electron chi connectivity index (χ3n) is 3.58. The molecule has 0 aliphatic carbocycles. The first-order valence-corrected chi connectivity index (χ1v) is 7.83. The van der Waals surface area contributed by atoms with Gasteiger partial charge in [0.25, 0.3) is 5.91 Å². The highest BCUT2D eigenvalue weighted by Crippen LogP contribution is 2.15. The maximum Gasteiger partial charge on any atom is 0.255 e. The fraction of sp³-hybridized carbons (Fsp3) is 0.105. The predicted octanol–water partition coefficient (Wildman–Crippen LogP) is 3.39. The fourth-order valence-corrected chi connectivity index (χ4v) is 2.37. The third kappa shape index (κ3) is 4.11. The molecule has 0 saturated heterocycles. The Balaban J connectivity index is 1.67. The highest BCUT2D eigenvalue weighted by Gasteiger charge is 2.07. The van der Waals surface area contributed by atoms with Crippen LogP contribution >= 0.6 is 0 Å². The minimum Gasteiger partial charge on any atom is -0.326 e. The van der Waals surface area contributed by atoms with E-state index in [1.54, 1.807) is 41.1 Å². The second-order valence-corrected chi connectivity index (χ2v) is 5.66. The van der Waals surface area contributed by atoms with Crippen LogP contribution in [0.5, 0.6) is 0 Å². The van der Waals surface area contributed by atoms with Gasteiger partial charge >= 0.3 is 0 Å². The van der Waals surface area contributed by atoms with E-state index in [2.05, 4.69) is 15.7 Å². The topological polar surface area (TPSA) is 76.0 Å². The van der Waals surface area contributed by atoms with Crippen LogP contribution in [0.4, 0.5) is 11.4 Å². The molecule has 25 heavy (non-hydrogen) atoms. The van der Waals surface area contributed by atoms with Gasteiger partial charge in [0.1, 0.15) is 0 Å². The van der Waals surface area contributed by atoms with Crippen LogP contribution in [-0.4, -0.2) is 21.6 Å². The van der Waals surface area contributed by atoms with E-state index in [0.717, 1.165) is 11.4 Å². The van der Waals surface area contributed by atoms with Crippen LogP contribution in [0.1, 0.15) is 23.0 Å². The smallest absolute Gasteiger partial charge is 0.255 e. The maximum atomic E-state index is 12.3. The molecule has 2 amide bonds. The van der Waals surface area contributed by atoms with Crippen molar-refractivity contribution in [1.29, 1.82) is 0 Å². The lowest BCUT2D eigenvalue weighted by atomic mass is 10.2. The van der Waals surface area contributed by atoms with Crippen LogP contribution in [0.15, 0.2) is 60.8 Å². The number of amides is 2. The zero-order valence-electron chi connectivity index (χ0n) is 14.0. The molecule has 6 nitrogen and oxygen atoms in total. The molecule has 3 rings (SSSR count). The van der Waals surface area contributed by atoms with Crippen molar-refractivity contribution in [3.05, 3.63) is 72.1 Å². The molecule has 0 radical (unpaired) electrons. The van der Waals surface area contributed by atoms with E-state index in [1.807, 2.05) is 31.3 Å². The van der Waals surface area contributed by atoms with E-state index in [1.165, 1.54) is 6.92 Å². The number of rotatable bonds is 4. The molecule has 0 spiro atoms. The molecule has 0 saturated carbocycles. The molecule has 1 heterocycles. The first kappa shape index (κ1) is 16.4. The van der Waals surface area contributed by atoms with Crippen molar-refractivity contribution in [2.45, 2.75) is 13.8 Å². The summed E-state index contributed by atoms with van der Waals surface area (Å²) in [6, 6.07) is 16.1. The first-order chi connectivity index (χ1) is 12.0. The Bertz CT molecular complexity index is 896. The van der Waals surface area contributed by atoms with Crippen molar-refractivity contribution < 1.29 is 9.59 Å². The van der Waals surface area contributed by atoms with E-state index in [0.29, 0.717) is 16.9 Å². The van der Waals surface area contributed by atoms with E-state index in [4.69, 9.17) is 0 Å². The number of aromatic nitrogens is 2. The zero-order chi connectivity index (χ0) is 17.8. The van der Waals surface area contributed by atoms with Crippen LogP contribution in [0, 0.1) is 6.92 Å². The van der Waals surface area contributed by atoms with Gasteiger partial charge in [0.15, 0.2) is 0 Å². The van der Waals surface area contributed by atoms with Gasteiger partial charge in [-0.3, -0.25) is 9.59 Å². The van der Waals surface area contributed by atoms with Gasteiger partial charge in [0.05, 0.1) is 11.4 Å². The Morgan fingerprint density at radius 3 is 2.00 bits per heavy atom. The summed E-state index contributed by atoms with van der Waals surface area (Å²) in [5, 5.41) is 9.85. The summed E-state index contributed by atoms with van der Waals surface area (Å²) in [7, 11) is 0. The second kappa shape index (κ2) is 7.00. The Hall–Kier alpha value is -3.41. The molecule has 1 aromatic heterocycles. The van der Waals surface area contributed by atoms with Crippen molar-refractivity contribution in [1.82, 2.24) is 9.78 Å². The SMILES string of the molecule is CC(=O)Nc1ccc(NC(=O)c2ccc(-n3ccc(C)n3)cc2)cc1. The summed E-state index contributed by atoms with van der Waals surface area (Å²) in [5.41, 5.74) is 3.72. The van der Waals surface area contributed by atoms with Gasteiger partial charge in [0.2, 0.25) is 5.91 Å². The van der Waals surface area contributed by atoms with Gasteiger partial charge < -0.3 is 10.6 Å². The number of hydrogen-bond acceptors (Lipinski definition) is 3. The quantitative estimate of drug-likeness (QED) is 0.768. The molecule has 6 heteroatoms. The Morgan fingerprint density at radius 2 is 1.48 bits per heavy atom. The average molecular weight is 334 g/mol. The van der Waals surface area contributed by atoms with Crippen molar-refractivity contribution in [2.75, 3.05) is 10.6 Å². The summed E-state index contributed by atoms with van der Waals surface area (Å²) in [4.78, 5) is 23.3. The molecular weight excluding hydrogens is 316 g/mol. The monoisotopic (exact) mass is 334 g/mol. The van der Waals surface area contributed by atoms with E-state index < -0.39 is 0 Å². The summed E-state index contributed by atoms with van der Waals surface area (Å²) >= 11 is 0. The van der Waals surface area contributed by atoms with Crippen molar-refractivity contribution in [2.24, 2.45) is 0 Å². The third-order valence-corrected chi connectivity index (χ3v) is 3.58. The molecule has 2 N–H and O–H groups in total. The summed E-state index contributed by atoms with van der Waals surface area (Å²) in [5.74, 6) is -0.334. The maximum absolute atomic E-state index is 12.3. The second-order valence-electron chi connectivity index (χ2n) is 5.66. The highest BCUT2D eigenvalue weighted by molar-refractivity contribution is 6.04. The van der Waals surface area contributed by atoms with Gasteiger partial charge in [-0.25, -0.2) is 4.68 Å². The van der Waals surface area contributed by atoms with Crippen LogP contribution in [-0.2, 0) is 4.79 Å². The van der Waals surface area contributed by atoms with Crippen LogP contribution < -0.4 is 10.6 Å². The molecule has 2 aromatic carbocycles. The van der Waals surface area contributed by atoms with Gasteiger partial charge in [-0.2, -0.15) is 5.10 Å². The molecule has 3 aromatic rings. The zero-order valence-corrected chi connectivity index (χ0v) is 14.0. The lowest BCUT2D eigenvalue weighted by molar-refractivity contribution is -0.114. The summed E-state index contributed by atoms with van der Waals surface area (Å²) in [6.45, 7) is 3.37. The highest BCUT2D eigenvalue weighted by atomic mass is 16.2.